The largest absolute Gasteiger partial charge is 0.872 e. The number of benzene rings is 2. The highest BCUT2D eigenvalue weighted by molar-refractivity contribution is 5.85. The van der Waals surface area contributed by atoms with Crippen LogP contribution < -0.4 is 15.8 Å². The Morgan fingerprint density at radius 1 is 1.10 bits per heavy atom. The summed E-state index contributed by atoms with van der Waals surface area (Å²) in [6, 6.07) is 9.15. The van der Waals surface area contributed by atoms with E-state index in [4.69, 9.17) is 0 Å². The van der Waals surface area contributed by atoms with Crippen LogP contribution in [0.1, 0.15) is 16.7 Å². The van der Waals surface area contributed by atoms with Crippen LogP contribution in [0.3, 0.4) is 0 Å². The zero-order valence-corrected chi connectivity index (χ0v) is 16.4. The van der Waals surface area contributed by atoms with Crippen LogP contribution >= 0.6 is 0 Å². The summed E-state index contributed by atoms with van der Waals surface area (Å²) in [5, 5.41) is 37.4. The van der Waals surface area contributed by atoms with Gasteiger partial charge in [-0.3, -0.25) is 15.5 Å². The first-order chi connectivity index (χ1) is 14.9. The van der Waals surface area contributed by atoms with Crippen molar-refractivity contribution < 1.29 is 14.7 Å². The summed E-state index contributed by atoms with van der Waals surface area (Å²) < 4.78 is 4.67. The van der Waals surface area contributed by atoms with Crippen LogP contribution in [0.5, 0.6) is 5.75 Å². The van der Waals surface area contributed by atoms with Crippen molar-refractivity contribution in [2.75, 3.05) is 10.7 Å². The number of aromatic nitrogens is 4. The minimum atomic E-state index is -0.590. The summed E-state index contributed by atoms with van der Waals surface area (Å²) in [5.74, 6) is 0.0841. The summed E-state index contributed by atoms with van der Waals surface area (Å²) in [7, 11) is 0. The molecular weight excluding hydrogens is 404 g/mol. The molecule has 0 saturated carbocycles. The normalized spacial score (nSPS) is 11.2. The first-order valence-electron chi connectivity index (χ1n) is 9.00. The quantitative estimate of drug-likeness (QED) is 0.269. The Morgan fingerprint density at radius 3 is 2.58 bits per heavy atom. The van der Waals surface area contributed by atoms with Gasteiger partial charge >= 0.3 is 0 Å². The maximum absolute atomic E-state index is 11.9. The second-order valence-corrected chi connectivity index (χ2v) is 6.55. The van der Waals surface area contributed by atoms with Gasteiger partial charge in [0.2, 0.25) is 11.3 Å². The lowest BCUT2D eigenvalue weighted by Gasteiger charge is -2.13. The summed E-state index contributed by atoms with van der Waals surface area (Å²) in [6.45, 7) is 3.95. The molecule has 0 spiro atoms. The molecule has 2 aromatic heterocycles. The molecule has 156 valence electrons. The standard InChI is InChI=1S/C19H16N8O4/c1-10-4-3-5-14(11(10)2)21-16-17(23-19-18(22-16)25-31-26-19)24-20-9-12-8-13(27(29)30)6-7-15(12)28/h3-9,28H,1-2H3,(H,21,22,25)(H,23,24,26)/p-1/b20-9-. The van der Waals surface area contributed by atoms with Crippen LogP contribution in [-0.4, -0.2) is 31.4 Å². The van der Waals surface area contributed by atoms with Crippen LogP contribution in [0.25, 0.3) is 11.3 Å². The number of hydrazone groups is 1. The first-order valence-corrected chi connectivity index (χ1v) is 9.00. The van der Waals surface area contributed by atoms with E-state index < -0.39 is 10.7 Å². The number of nitro groups is 1. The summed E-state index contributed by atoms with van der Waals surface area (Å²) in [4.78, 5) is 19.0. The van der Waals surface area contributed by atoms with Crippen molar-refractivity contribution in [3.63, 3.8) is 0 Å². The van der Waals surface area contributed by atoms with Crippen molar-refractivity contribution in [1.29, 1.82) is 0 Å². The Hall–Kier alpha value is -4.61. The van der Waals surface area contributed by atoms with Crippen molar-refractivity contribution in [2.24, 2.45) is 5.10 Å². The first kappa shape index (κ1) is 19.7. The highest BCUT2D eigenvalue weighted by Gasteiger charge is 2.14. The molecule has 0 fully saturated rings. The molecule has 0 atom stereocenters. The molecule has 31 heavy (non-hydrogen) atoms. The molecule has 4 rings (SSSR count). The summed E-state index contributed by atoms with van der Waals surface area (Å²) in [5.41, 5.74) is 5.78. The van der Waals surface area contributed by atoms with Crippen molar-refractivity contribution in [2.45, 2.75) is 13.8 Å². The van der Waals surface area contributed by atoms with Gasteiger partial charge in [-0.05, 0) is 46.9 Å². The molecule has 0 unspecified atom stereocenters. The number of aryl methyl sites for hydroxylation is 1. The SMILES string of the molecule is Cc1cccc(Nc2nc3nonc3nc2N/N=C\c2cc([N+](=O)[O-])ccc2[O-])c1C. The van der Waals surface area contributed by atoms with E-state index in [0.29, 0.717) is 5.82 Å². The van der Waals surface area contributed by atoms with Gasteiger partial charge in [0.05, 0.1) is 11.1 Å². The topological polar surface area (TPSA) is 167 Å². The third-order valence-electron chi connectivity index (χ3n) is 4.55. The Bertz CT molecular complexity index is 1320. The Labute approximate surface area is 174 Å². The minimum absolute atomic E-state index is 0.0443. The van der Waals surface area contributed by atoms with Crippen LogP contribution in [0.2, 0.25) is 0 Å². The molecule has 4 aromatic rings. The van der Waals surface area contributed by atoms with E-state index in [2.05, 4.69) is 40.8 Å². The van der Waals surface area contributed by atoms with Gasteiger partial charge in [0.15, 0.2) is 11.6 Å². The van der Waals surface area contributed by atoms with Gasteiger partial charge in [-0.25, -0.2) is 9.61 Å². The molecule has 12 nitrogen and oxygen atoms in total. The number of nitrogens with zero attached hydrogens (tertiary/aromatic N) is 6. The van der Waals surface area contributed by atoms with E-state index in [1.54, 1.807) is 0 Å². The zero-order valence-electron chi connectivity index (χ0n) is 16.4. The second-order valence-electron chi connectivity index (χ2n) is 6.55. The predicted octanol–water partition coefficient (Wildman–Crippen LogP) is 2.80. The van der Waals surface area contributed by atoms with Gasteiger partial charge in [0, 0.05) is 17.8 Å². The number of hydrogen-bond donors (Lipinski definition) is 2. The van der Waals surface area contributed by atoms with Gasteiger partial charge in [-0.15, -0.1) is 0 Å². The van der Waals surface area contributed by atoms with Gasteiger partial charge in [0.1, 0.15) is 0 Å². The summed E-state index contributed by atoms with van der Waals surface area (Å²) >= 11 is 0. The Kier molecular flexibility index (Phi) is 5.10. The Morgan fingerprint density at radius 2 is 1.84 bits per heavy atom. The van der Waals surface area contributed by atoms with Crippen LogP contribution in [-0.2, 0) is 0 Å². The third-order valence-corrected chi connectivity index (χ3v) is 4.55. The molecule has 12 heteroatoms. The molecule has 0 radical (unpaired) electrons. The number of hydrogen-bond acceptors (Lipinski definition) is 11. The number of non-ortho nitro benzene ring substituents is 1. The lowest BCUT2D eigenvalue weighted by molar-refractivity contribution is -0.385. The Balaban J connectivity index is 1.66. The van der Waals surface area contributed by atoms with Crippen LogP contribution in [0.15, 0.2) is 46.1 Å². The fraction of sp³-hybridized carbons (Fsp3) is 0.105. The number of fused-ring (bicyclic) bond motifs is 1. The number of nitrogens with one attached hydrogen (secondary N) is 2. The number of nitro benzene ring substituents is 1. The third kappa shape index (κ3) is 4.07. The van der Waals surface area contributed by atoms with E-state index in [9.17, 15) is 15.2 Å². The summed E-state index contributed by atoms with van der Waals surface area (Å²) in [6.07, 6.45) is 1.17. The van der Waals surface area contributed by atoms with E-state index in [1.165, 1.54) is 6.21 Å². The van der Waals surface area contributed by atoms with E-state index in [0.717, 1.165) is 35.0 Å². The van der Waals surface area contributed by atoms with Crippen LogP contribution in [0, 0.1) is 24.0 Å². The smallest absolute Gasteiger partial charge is 0.270 e. The minimum Gasteiger partial charge on any atom is -0.872 e. The lowest BCUT2D eigenvalue weighted by Crippen LogP contribution is -2.05. The highest BCUT2D eigenvalue weighted by atomic mass is 16.6. The zero-order chi connectivity index (χ0) is 22.0. The van der Waals surface area contributed by atoms with Gasteiger partial charge in [0.25, 0.3) is 5.69 Å². The molecular formula is C19H15N8O4-. The number of rotatable bonds is 6. The van der Waals surface area contributed by atoms with Crippen LogP contribution in [0.4, 0.5) is 23.0 Å². The monoisotopic (exact) mass is 419 g/mol. The molecule has 0 aliphatic heterocycles. The maximum Gasteiger partial charge on any atom is 0.270 e. The molecule has 2 N–H and O–H groups in total. The lowest BCUT2D eigenvalue weighted by atomic mass is 10.1. The van der Waals surface area contributed by atoms with E-state index >= 15 is 0 Å². The van der Waals surface area contributed by atoms with Crippen molar-refractivity contribution in [3.05, 3.63) is 63.2 Å². The highest BCUT2D eigenvalue weighted by Crippen LogP contribution is 2.27. The number of anilines is 3. The van der Waals surface area contributed by atoms with Gasteiger partial charge in [-0.2, -0.15) is 10.1 Å². The fourth-order valence-electron chi connectivity index (χ4n) is 2.73. The van der Waals surface area contributed by atoms with Gasteiger partial charge in [-0.1, -0.05) is 23.9 Å². The van der Waals surface area contributed by atoms with Gasteiger partial charge < -0.3 is 10.4 Å². The average Bonchev–Trinajstić information content (AvgIpc) is 3.20. The molecule has 0 aliphatic carbocycles. The van der Waals surface area contributed by atoms with Crippen molar-refractivity contribution in [3.8, 4) is 5.75 Å². The van der Waals surface area contributed by atoms with Crippen molar-refractivity contribution >= 4 is 40.5 Å². The second kappa shape index (κ2) is 8.02. The average molecular weight is 419 g/mol. The fourth-order valence-corrected chi connectivity index (χ4v) is 2.73. The molecule has 2 aromatic carbocycles. The van der Waals surface area contributed by atoms with E-state index in [-0.39, 0.29) is 28.4 Å². The molecule has 0 saturated heterocycles. The molecule has 0 amide bonds. The molecule has 0 bridgehead atoms. The molecule has 2 heterocycles. The maximum atomic E-state index is 11.9. The molecule has 0 aliphatic rings. The van der Waals surface area contributed by atoms with Crippen molar-refractivity contribution in [1.82, 2.24) is 20.3 Å². The van der Waals surface area contributed by atoms with E-state index in [1.807, 2.05) is 32.0 Å². The predicted molar refractivity (Wildman–Crippen MR) is 110 cm³/mol.